The summed E-state index contributed by atoms with van der Waals surface area (Å²) in [5.41, 5.74) is 0.760. The number of hydrogen-bond acceptors (Lipinski definition) is 6. The van der Waals surface area contributed by atoms with Crippen LogP contribution in [-0.2, 0) is 24.2 Å². The molecule has 1 aromatic carbocycles. The van der Waals surface area contributed by atoms with Gasteiger partial charge >= 0.3 is 5.97 Å². The van der Waals surface area contributed by atoms with Crippen LogP contribution in [0.5, 0.6) is 5.75 Å². The van der Waals surface area contributed by atoms with E-state index in [1.807, 2.05) is 0 Å². The average molecular weight is 367 g/mol. The minimum absolute atomic E-state index is 0.0427. The minimum Gasteiger partial charge on any atom is -0.497 e. The van der Waals surface area contributed by atoms with Crippen molar-refractivity contribution in [2.24, 2.45) is 0 Å². The molecule has 0 bridgehead atoms. The summed E-state index contributed by atoms with van der Waals surface area (Å²) >= 11 is 0. The first kappa shape index (κ1) is 19.0. The van der Waals surface area contributed by atoms with Gasteiger partial charge in [0.15, 0.2) is 16.4 Å². The van der Waals surface area contributed by atoms with Gasteiger partial charge in [0, 0.05) is 19.2 Å². The number of ether oxygens (including phenoxy) is 2. The molecular weight excluding hydrogens is 346 g/mol. The summed E-state index contributed by atoms with van der Waals surface area (Å²) in [6.07, 6.45) is 3.19. The lowest BCUT2D eigenvalue weighted by atomic mass is 10.2. The number of nitrogens with zero attached hydrogens (tertiary/aromatic N) is 1. The van der Waals surface area contributed by atoms with Crippen LogP contribution in [0.4, 0.5) is 0 Å². The molecule has 1 aliphatic rings. The van der Waals surface area contributed by atoms with Gasteiger partial charge in [-0.25, -0.2) is 13.2 Å². The zero-order chi connectivity index (χ0) is 18.4. The number of methoxy groups -OCH3 is 1. The Kier molecular flexibility index (Phi) is 6.19. The molecule has 1 heterocycles. The Balaban J connectivity index is 1.82. The van der Waals surface area contributed by atoms with Gasteiger partial charge in [0.05, 0.1) is 18.6 Å². The lowest BCUT2D eigenvalue weighted by molar-refractivity contribution is -0.148. The number of carbonyl (C=O) groups is 2. The van der Waals surface area contributed by atoms with Crippen LogP contribution < -0.4 is 4.74 Å². The molecular formula is C17H21NO6S. The summed E-state index contributed by atoms with van der Waals surface area (Å²) in [5.74, 6) is -0.371. The summed E-state index contributed by atoms with van der Waals surface area (Å²) in [4.78, 5) is 25.1. The SMILES string of the molecule is COc1cccc(/C=C/C(=O)OCC(=O)N(C)[C@H]2CCS(=O)(=O)C2)c1. The summed E-state index contributed by atoms with van der Waals surface area (Å²) < 4.78 is 32.9. The molecule has 0 aliphatic carbocycles. The van der Waals surface area contributed by atoms with Crippen LogP contribution in [0.3, 0.4) is 0 Å². The Hall–Kier alpha value is -2.35. The molecule has 0 radical (unpaired) electrons. The zero-order valence-corrected chi connectivity index (χ0v) is 15.0. The summed E-state index contributed by atoms with van der Waals surface area (Å²) in [6.45, 7) is -0.422. The molecule has 1 amide bonds. The van der Waals surface area contributed by atoms with Crippen LogP contribution in [0.25, 0.3) is 6.08 Å². The van der Waals surface area contributed by atoms with E-state index >= 15 is 0 Å². The molecule has 1 saturated heterocycles. The van der Waals surface area contributed by atoms with Crippen LogP contribution in [0.2, 0.25) is 0 Å². The molecule has 7 nitrogen and oxygen atoms in total. The number of hydrogen-bond donors (Lipinski definition) is 0. The van der Waals surface area contributed by atoms with Crippen molar-refractivity contribution in [2.45, 2.75) is 12.5 Å². The molecule has 0 N–H and O–H groups in total. The van der Waals surface area contributed by atoms with Gasteiger partial charge < -0.3 is 14.4 Å². The normalized spacial score (nSPS) is 18.9. The standard InChI is InChI=1S/C17H21NO6S/c1-18(14-8-9-25(21,22)12-14)16(19)11-24-17(20)7-6-13-4-3-5-15(10-13)23-2/h3-7,10,14H,8-9,11-12H2,1-2H3/b7-6+/t14-/m0/s1. The highest BCUT2D eigenvalue weighted by atomic mass is 32.2. The van der Waals surface area contributed by atoms with Crippen molar-refractivity contribution in [3.8, 4) is 5.75 Å². The van der Waals surface area contributed by atoms with Gasteiger partial charge in [0.1, 0.15) is 5.75 Å². The van der Waals surface area contributed by atoms with E-state index in [1.54, 1.807) is 37.5 Å². The molecule has 0 saturated carbocycles. The number of carbonyl (C=O) groups excluding carboxylic acids is 2. The van der Waals surface area contributed by atoms with Gasteiger partial charge in [-0.2, -0.15) is 0 Å². The van der Waals surface area contributed by atoms with Crippen molar-refractivity contribution in [3.05, 3.63) is 35.9 Å². The second-order valence-corrected chi connectivity index (χ2v) is 8.01. The van der Waals surface area contributed by atoms with Crippen molar-refractivity contribution in [1.82, 2.24) is 4.90 Å². The molecule has 2 rings (SSSR count). The quantitative estimate of drug-likeness (QED) is 0.548. The molecule has 136 valence electrons. The topological polar surface area (TPSA) is 90.0 Å². The van der Waals surface area contributed by atoms with Gasteiger partial charge in [-0.1, -0.05) is 12.1 Å². The van der Waals surface area contributed by atoms with Crippen molar-refractivity contribution in [2.75, 3.05) is 32.3 Å². The fraction of sp³-hybridized carbons (Fsp3) is 0.412. The monoisotopic (exact) mass is 367 g/mol. The highest BCUT2D eigenvalue weighted by molar-refractivity contribution is 7.91. The maximum absolute atomic E-state index is 12.0. The zero-order valence-electron chi connectivity index (χ0n) is 14.2. The van der Waals surface area contributed by atoms with Crippen LogP contribution in [-0.4, -0.2) is 63.5 Å². The Labute approximate surface area is 147 Å². The van der Waals surface area contributed by atoms with E-state index in [-0.39, 0.29) is 17.5 Å². The Morgan fingerprint density at radius 3 is 2.76 bits per heavy atom. The lowest BCUT2D eigenvalue weighted by Crippen LogP contribution is -2.40. The molecule has 1 atom stereocenters. The van der Waals surface area contributed by atoms with E-state index in [0.717, 1.165) is 5.56 Å². The maximum atomic E-state index is 12.0. The van der Waals surface area contributed by atoms with E-state index in [1.165, 1.54) is 18.0 Å². The Morgan fingerprint density at radius 2 is 2.12 bits per heavy atom. The largest absolute Gasteiger partial charge is 0.497 e. The third-order valence-corrected chi connectivity index (χ3v) is 5.74. The molecule has 1 fully saturated rings. The number of benzene rings is 1. The number of amides is 1. The maximum Gasteiger partial charge on any atom is 0.331 e. The highest BCUT2D eigenvalue weighted by Crippen LogP contribution is 2.16. The predicted octanol–water partition coefficient (Wildman–Crippen LogP) is 0.897. The van der Waals surface area contributed by atoms with Gasteiger partial charge in [0.25, 0.3) is 5.91 Å². The number of sulfone groups is 1. The second kappa shape index (κ2) is 8.15. The summed E-state index contributed by atoms with van der Waals surface area (Å²) in [6, 6.07) is 6.77. The van der Waals surface area contributed by atoms with E-state index in [0.29, 0.717) is 12.2 Å². The molecule has 0 unspecified atom stereocenters. The van der Waals surface area contributed by atoms with Crippen LogP contribution in [0.1, 0.15) is 12.0 Å². The third kappa shape index (κ3) is 5.60. The molecule has 1 aromatic rings. The minimum atomic E-state index is -3.07. The number of likely N-dealkylation sites (N-methyl/N-ethyl adjacent to an activating group) is 1. The van der Waals surface area contributed by atoms with E-state index in [2.05, 4.69) is 0 Å². The number of rotatable bonds is 6. The third-order valence-electron chi connectivity index (χ3n) is 3.99. The molecule has 1 aliphatic heterocycles. The number of esters is 1. The van der Waals surface area contributed by atoms with E-state index in [9.17, 15) is 18.0 Å². The van der Waals surface area contributed by atoms with Crippen molar-refractivity contribution in [3.63, 3.8) is 0 Å². The first-order chi connectivity index (χ1) is 11.8. The fourth-order valence-electron chi connectivity index (χ4n) is 2.48. The van der Waals surface area contributed by atoms with Gasteiger partial charge in [0.2, 0.25) is 0 Å². The Morgan fingerprint density at radius 1 is 1.36 bits per heavy atom. The summed E-state index contributed by atoms with van der Waals surface area (Å²) in [7, 11) is -0.00140. The first-order valence-electron chi connectivity index (χ1n) is 7.76. The van der Waals surface area contributed by atoms with Crippen LogP contribution in [0.15, 0.2) is 30.3 Å². The molecule has 25 heavy (non-hydrogen) atoms. The van der Waals surface area contributed by atoms with Crippen LogP contribution in [0, 0.1) is 0 Å². The van der Waals surface area contributed by atoms with E-state index < -0.39 is 28.3 Å². The fourth-order valence-corrected chi connectivity index (χ4v) is 4.25. The lowest BCUT2D eigenvalue weighted by Gasteiger charge is -2.22. The van der Waals surface area contributed by atoms with Gasteiger partial charge in [-0.3, -0.25) is 4.79 Å². The van der Waals surface area contributed by atoms with Crippen LogP contribution >= 0.6 is 0 Å². The van der Waals surface area contributed by atoms with E-state index in [4.69, 9.17) is 9.47 Å². The predicted molar refractivity (Wildman–Crippen MR) is 92.8 cm³/mol. The highest BCUT2D eigenvalue weighted by Gasteiger charge is 2.32. The average Bonchev–Trinajstić information content (AvgIpc) is 2.97. The molecule has 8 heteroatoms. The van der Waals surface area contributed by atoms with Gasteiger partial charge in [-0.15, -0.1) is 0 Å². The smallest absolute Gasteiger partial charge is 0.331 e. The van der Waals surface area contributed by atoms with Crippen molar-refractivity contribution in [1.29, 1.82) is 0 Å². The van der Waals surface area contributed by atoms with Crippen molar-refractivity contribution >= 4 is 27.8 Å². The second-order valence-electron chi connectivity index (χ2n) is 5.78. The van der Waals surface area contributed by atoms with Crippen molar-refractivity contribution < 1.29 is 27.5 Å². The first-order valence-corrected chi connectivity index (χ1v) is 9.58. The molecule has 0 spiro atoms. The molecule has 0 aromatic heterocycles. The summed E-state index contributed by atoms with van der Waals surface area (Å²) in [5, 5.41) is 0. The Bertz CT molecular complexity index is 771. The van der Waals surface area contributed by atoms with Gasteiger partial charge in [-0.05, 0) is 30.2 Å².